The van der Waals surface area contributed by atoms with Crippen LogP contribution in [-0.4, -0.2) is 33.4 Å². The molecule has 0 N–H and O–H groups in total. The average Bonchev–Trinajstić information content (AvgIpc) is 2.87. The van der Waals surface area contributed by atoms with Crippen molar-refractivity contribution in [2.45, 2.75) is 38.1 Å². The third-order valence-corrected chi connectivity index (χ3v) is 4.29. The molecule has 1 saturated heterocycles. The molecular formula is C13H16ClN3O. The molecule has 2 aliphatic rings. The van der Waals surface area contributed by atoms with Crippen LogP contribution in [0.1, 0.15) is 42.6 Å². The summed E-state index contributed by atoms with van der Waals surface area (Å²) in [7, 11) is 0. The number of carbonyl (C=O) groups excluding carboxylic acids is 1. The molecular weight excluding hydrogens is 250 g/mol. The average molecular weight is 266 g/mol. The summed E-state index contributed by atoms with van der Waals surface area (Å²) in [5.74, 6) is 0.707. The number of fused-ring (bicyclic) bond motifs is 1. The molecule has 2 heterocycles. The van der Waals surface area contributed by atoms with E-state index in [-0.39, 0.29) is 5.91 Å². The molecule has 3 rings (SSSR count). The lowest BCUT2D eigenvalue weighted by atomic mass is 9.92. The van der Waals surface area contributed by atoms with Gasteiger partial charge < -0.3 is 4.90 Å². The van der Waals surface area contributed by atoms with E-state index < -0.39 is 0 Å². The van der Waals surface area contributed by atoms with Gasteiger partial charge in [-0.2, -0.15) is 0 Å². The minimum absolute atomic E-state index is 0.00997. The van der Waals surface area contributed by atoms with E-state index in [4.69, 9.17) is 11.6 Å². The molecule has 0 radical (unpaired) electrons. The molecule has 4 nitrogen and oxygen atoms in total. The lowest BCUT2D eigenvalue weighted by Crippen LogP contribution is -2.46. The van der Waals surface area contributed by atoms with E-state index in [1.807, 2.05) is 4.90 Å². The smallest absolute Gasteiger partial charge is 0.274 e. The molecule has 2 atom stereocenters. The van der Waals surface area contributed by atoms with Crippen LogP contribution < -0.4 is 0 Å². The molecule has 0 spiro atoms. The molecule has 18 heavy (non-hydrogen) atoms. The molecule has 2 fully saturated rings. The molecule has 2 unspecified atom stereocenters. The summed E-state index contributed by atoms with van der Waals surface area (Å²) in [6.45, 7) is 0.851. The molecule has 5 heteroatoms. The first kappa shape index (κ1) is 11.9. The zero-order valence-electron chi connectivity index (χ0n) is 10.2. The first-order chi connectivity index (χ1) is 8.75. The van der Waals surface area contributed by atoms with Gasteiger partial charge in [-0.15, -0.1) is 0 Å². The Morgan fingerprint density at radius 2 is 2.06 bits per heavy atom. The van der Waals surface area contributed by atoms with Crippen molar-refractivity contribution in [3.63, 3.8) is 0 Å². The Labute approximate surface area is 111 Å². The first-order valence-electron chi connectivity index (χ1n) is 6.54. The predicted octanol–water partition coefficient (Wildman–Crippen LogP) is 2.53. The van der Waals surface area contributed by atoms with Crippen LogP contribution in [0.4, 0.5) is 0 Å². The minimum atomic E-state index is 0.00997. The number of nitrogens with zero attached hydrogens (tertiary/aromatic N) is 3. The van der Waals surface area contributed by atoms with Gasteiger partial charge in [-0.05, 0) is 31.6 Å². The van der Waals surface area contributed by atoms with Crippen molar-refractivity contribution in [1.82, 2.24) is 14.9 Å². The third kappa shape index (κ3) is 2.09. The van der Waals surface area contributed by atoms with E-state index in [0.29, 0.717) is 22.8 Å². The van der Waals surface area contributed by atoms with Gasteiger partial charge in [0.15, 0.2) is 0 Å². The number of carbonyl (C=O) groups is 1. The van der Waals surface area contributed by atoms with E-state index >= 15 is 0 Å². The molecule has 0 aromatic carbocycles. The Balaban J connectivity index is 1.81. The van der Waals surface area contributed by atoms with Crippen LogP contribution in [0.5, 0.6) is 0 Å². The van der Waals surface area contributed by atoms with Gasteiger partial charge in [0.25, 0.3) is 5.91 Å². The number of likely N-dealkylation sites (tertiary alicyclic amines) is 1. The molecule has 1 amide bonds. The van der Waals surface area contributed by atoms with Crippen molar-refractivity contribution in [2.75, 3.05) is 6.54 Å². The Hall–Kier alpha value is -1.16. The van der Waals surface area contributed by atoms with Crippen LogP contribution in [0.25, 0.3) is 0 Å². The van der Waals surface area contributed by atoms with Crippen molar-refractivity contribution in [2.24, 2.45) is 5.92 Å². The second-order valence-electron chi connectivity index (χ2n) is 5.12. The van der Waals surface area contributed by atoms with Crippen molar-refractivity contribution < 1.29 is 4.79 Å². The number of rotatable bonds is 1. The van der Waals surface area contributed by atoms with Gasteiger partial charge in [0, 0.05) is 12.6 Å². The lowest BCUT2D eigenvalue weighted by Gasteiger charge is -2.37. The fourth-order valence-corrected chi connectivity index (χ4v) is 3.37. The first-order valence-corrected chi connectivity index (χ1v) is 6.92. The summed E-state index contributed by atoms with van der Waals surface area (Å²) in [4.78, 5) is 22.5. The molecule has 96 valence electrons. The molecule has 1 aliphatic heterocycles. The molecule has 1 aromatic heterocycles. The number of amides is 1. The van der Waals surface area contributed by atoms with Crippen LogP contribution in [0.2, 0.25) is 5.15 Å². The zero-order valence-corrected chi connectivity index (χ0v) is 10.9. The molecule has 1 aliphatic carbocycles. The summed E-state index contributed by atoms with van der Waals surface area (Å²) in [6.07, 6.45) is 8.92. The Kier molecular flexibility index (Phi) is 3.20. The predicted molar refractivity (Wildman–Crippen MR) is 68.4 cm³/mol. The summed E-state index contributed by atoms with van der Waals surface area (Å²) in [6, 6.07) is 0.420. The maximum Gasteiger partial charge on any atom is 0.274 e. The molecule has 0 bridgehead atoms. The van der Waals surface area contributed by atoms with Gasteiger partial charge in [0.2, 0.25) is 0 Å². The van der Waals surface area contributed by atoms with Crippen LogP contribution in [0, 0.1) is 5.92 Å². The number of aromatic nitrogens is 2. The quantitative estimate of drug-likeness (QED) is 0.784. The molecule has 1 saturated carbocycles. The fraction of sp³-hybridized carbons (Fsp3) is 0.615. The fourth-order valence-electron chi connectivity index (χ4n) is 3.28. The van der Waals surface area contributed by atoms with Gasteiger partial charge in [-0.1, -0.05) is 18.0 Å². The second kappa shape index (κ2) is 4.84. The molecule has 1 aromatic rings. The highest BCUT2D eigenvalue weighted by molar-refractivity contribution is 6.29. The number of halogens is 1. The highest BCUT2D eigenvalue weighted by atomic mass is 35.5. The summed E-state index contributed by atoms with van der Waals surface area (Å²) in [5.41, 5.74) is 0.409. The second-order valence-corrected chi connectivity index (χ2v) is 5.51. The summed E-state index contributed by atoms with van der Waals surface area (Å²) in [5, 5.41) is 0.323. The maximum absolute atomic E-state index is 12.4. The Bertz CT molecular complexity index is 448. The van der Waals surface area contributed by atoms with Crippen molar-refractivity contribution >= 4 is 17.5 Å². The Morgan fingerprint density at radius 3 is 2.83 bits per heavy atom. The third-order valence-electron chi connectivity index (χ3n) is 4.09. The minimum Gasteiger partial charge on any atom is -0.334 e. The van der Waals surface area contributed by atoms with Gasteiger partial charge in [-0.3, -0.25) is 4.79 Å². The lowest BCUT2D eigenvalue weighted by molar-refractivity contribution is 0.0542. The van der Waals surface area contributed by atoms with E-state index in [2.05, 4.69) is 9.97 Å². The van der Waals surface area contributed by atoms with Crippen LogP contribution in [0.15, 0.2) is 12.4 Å². The SMILES string of the molecule is O=C(c1cnc(Cl)cn1)N1CCCC2CCCC21. The van der Waals surface area contributed by atoms with Gasteiger partial charge >= 0.3 is 0 Å². The van der Waals surface area contributed by atoms with Crippen molar-refractivity contribution in [3.05, 3.63) is 23.2 Å². The van der Waals surface area contributed by atoms with E-state index in [1.54, 1.807) is 0 Å². The van der Waals surface area contributed by atoms with Crippen LogP contribution >= 0.6 is 11.6 Å². The topological polar surface area (TPSA) is 46.1 Å². The highest BCUT2D eigenvalue weighted by Crippen LogP contribution is 2.37. The van der Waals surface area contributed by atoms with Gasteiger partial charge in [0.1, 0.15) is 10.8 Å². The van der Waals surface area contributed by atoms with Crippen molar-refractivity contribution in [3.8, 4) is 0 Å². The number of hydrogen-bond acceptors (Lipinski definition) is 3. The van der Waals surface area contributed by atoms with Crippen molar-refractivity contribution in [1.29, 1.82) is 0 Å². The summed E-state index contributed by atoms with van der Waals surface area (Å²) < 4.78 is 0. The van der Waals surface area contributed by atoms with E-state index in [1.165, 1.54) is 31.7 Å². The highest BCUT2D eigenvalue weighted by Gasteiger charge is 2.37. The van der Waals surface area contributed by atoms with E-state index in [9.17, 15) is 4.79 Å². The van der Waals surface area contributed by atoms with Crippen LogP contribution in [-0.2, 0) is 0 Å². The number of hydrogen-bond donors (Lipinski definition) is 0. The Morgan fingerprint density at radius 1 is 1.22 bits per heavy atom. The van der Waals surface area contributed by atoms with Crippen LogP contribution in [0.3, 0.4) is 0 Å². The maximum atomic E-state index is 12.4. The van der Waals surface area contributed by atoms with E-state index in [0.717, 1.165) is 19.4 Å². The largest absolute Gasteiger partial charge is 0.334 e. The monoisotopic (exact) mass is 265 g/mol. The summed E-state index contributed by atoms with van der Waals surface area (Å²) >= 11 is 5.69. The van der Waals surface area contributed by atoms with Gasteiger partial charge in [0.05, 0.1) is 12.4 Å². The number of piperidine rings is 1. The zero-order chi connectivity index (χ0) is 12.5. The normalized spacial score (nSPS) is 27.1. The standard InChI is InChI=1S/C13H16ClN3O/c14-12-8-15-10(7-16-12)13(18)17-6-2-4-9-3-1-5-11(9)17/h7-9,11H,1-6H2. The van der Waals surface area contributed by atoms with Gasteiger partial charge in [-0.25, -0.2) is 9.97 Å².